The average molecular weight is 398 g/mol. The lowest BCUT2D eigenvalue weighted by molar-refractivity contribution is -0.133. The van der Waals surface area contributed by atoms with E-state index >= 15 is 0 Å². The lowest BCUT2D eigenvalue weighted by Crippen LogP contribution is -2.51. The van der Waals surface area contributed by atoms with Crippen molar-refractivity contribution in [1.29, 1.82) is 0 Å². The molecule has 24 heavy (non-hydrogen) atoms. The summed E-state index contributed by atoms with van der Waals surface area (Å²) in [5, 5.41) is 2.79. The second-order valence-corrected chi connectivity index (χ2v) is 6.58. The summed E-state index contributed by atoms with van der Waals surface area (Å²) in [6.45, 7) is 6.12. The van der Waals surface area contributed by atoms with Crippen molar-refractivity contribution in [2.24, 2.45) is 0 Å². The predicted molar refractivity (Wildman–Crippen MR) is 96.0 cm³/mol. The molecule has 1 aliphatic rings. The number of amides is 2. The first kappa shape index (κ1) is 18.7. The minimum atomic E-state index is 0.0414. The highest BCUT2D eigenvalue weighted by Crippen LogP contribution is 2.17. The van der Waals surface area contributed by atoms with Gasteiger partial charge in [-0.25, -0.2) is 0 Å². The van der Waals surface area contributed by atoms with Gasteiger partial charge in [0.15, 0.2) is 0 Å². The number of benzene rings is 1. The third-order valence-corrected chi connectivity index (χ3v) is 4.34. The number of carbonyl (C=O) groups excluding carboxylic acids is 2. The number of nitrogens with one attached hydrogen (secondary N) is 1. The fourth-order valence-electron chi connectivity index (χ4n) is 2.58. The molecule has 0 unspecified atom stereocenters. The maximum atomic E-state index is 12.2. The number of likely N-dealkylation sites (N-methyl/N-ethyl adjacent to an activating group) is 1. The van der Waals surface area contributed by atoms with Crippen molar-refractivity contribution in [2.45, 2.75) is 13.3 Å². The van der Waals surface area contributed by atoms with Crippen LogP contribution < -0.4 is 10.1 Å². The third kappa shape index (κ3) is 6.13. The fraction of sp³-hybridized carbons (Fsp3) is 0.529. The highest BCUT2D eigenvalue weighted by Gasteiger charge is 2.22. The highest BCUT2D eigenvalue weighted by molar-refractivity contribution is 9.10. The summed E-state index contributed by atoms with van der Waals surface area (Å²) in [6, 6.07) is 7.58. The van der Waals surface area contributed by atoms with E-state index in [0.29, 0.717) is 39.2 Å². The molecular formula is C17H24BrN3O3. The summed E-state index contributed by atoms with van der Waals surface area (Å²) in [7, 11) is 0. The number of rotatable bonds is 7. The Morgan fingerprint density at radius 1 is 1.25 bits per heavy atom. The molecule has 0 spiro atoms. The zero-order valence-electron chi connectivity index (χ0n) is 14.0. The first-order valence-corrected chi connectivity index (χ1v) is 9.03. The Balaban J connectivity index is 1.66. The monoisotopic (exact) mass is 397 g/mol. The molecule has 1 N–H and O–H groups in total. The van der Waals surface area contributed by atoms with E-state index in [9.17, 15) is 9.59 Å². The van der Waals surface area contributed by atoms with Gasteiger partial charge in [-0.2, -0.15) is 0 Å². The number of hydrogen-bond donors (Lipinski definition) is 1. The molecule has 0 bridgehead atoms. The second-order valence-electron chi connectivity index (χ2n) is 5.67. The van der Waals surface area contributed by atoms with Gasteiger partial charge in [0.25, 0.3) is 0 Å². The van der Waals surface area contributed by atoms with Crippen LogP contribution in [0.2, 0.25) is 0 Å². The SMILES string of the molecule is CCNC(=O)CN1CCN(C(=O)CCOc2cccc(Br)c2)CC1. The zero-order chi connectivity index (χ0) is 17.4. The van der Waals surface area contributed by atoms with Crippen molar-refractivity contribution in [3.8, 4) is 5.75 Å². The van der Waals surface area contributed by atoms with Crippen LogP contribution in [0.4, 0.5) is 0 Å². The van der Waals surface area contributed by atoms with Crippen molar-refractivity contribution < 1.29 is 14.3 Å². The van der Waals surface area contributed by atoms with Gasteiger partial charge in [0, 0.05) is 37.2 Å². The normalized spacial score (nSPS) is 15.2. The summed E-state index contributed by atoms with van der Waals surface area (Å²) in [5.41, 5.74) is 0. The summed E-state index contributed by atoms with van der Waals surface area (Å²) in [6.07, 6.45) is 0.364. The third-order valence-electron chi connectivity index (χ3n) is 3.85. The van der Waals surface area contributed by atoms with Gasteiger partial charge in [-0.1, -0.05) is 22.0 Å². The van der Waals surface area contributed by atoms with Crippen molar-refractivity contribution in [3.63, 3.8) is 0 Å². The van der Waals surface area contributed by atoms with E-state index < -0.39 is 0 Å². The number of carbonyl (C=O) groups is 2. The fourth-order valence-corrected chi connectivity index (χ4v) is 2.96. The summed E-state index contributed by atoms with van der Waals surface area (Å²) in [4.78, 5) is 27.7. The maximum absolute atomic E-state index is 12.2. The van der Waals surface area contributed by atoms with Crippen LogP contribution >= 0.6 is 15.9 Å². The number of halogens is 1. The Morgan fingerprint density at radius 2 is 2.00 bits per heavy atom. The Labute approximate surface area is 151 Å². The molecule has 1 heterocycles. The quantitative estimate of drug-likeness (QED) is 0.756. The van der Waals surface area contributed by atoms with E-state index in [1.807, 2.05) is 36.1 Å². The van der Waals surface area contributed by atoms with Crippen molar-refractivity contribution in [1.82, 2.24) is 15.1 Å². The Bertz CT molecular complexity index is 560. The van der Waals surface area contributed by atoms with Gasteiger partial charge in [0.2, 0.25) is 11.8 Å². The second kappa shape index (κ2) is 9.64. The molecule has 1 saturated heterocycles. The molecular weight excluding hydrogens is 374 g/mol. The molecule has 132 valence electrons. The molecule has 0 aromatic heterocycles. The topological polar surface area (TPSA) is 61.9 Å². The minimum absolute atomic E-state index is 0.0414. The average Bonchev–Trinajstić information content (AvgIpc) is 2.55. The molecule has 7 heteroatoms. The van der Waals surface area contributed by atoms with Crippen molar-refractivity contribution in [3.05, 3.63) is 28.7 Å². The van der Waals surface area contributed by atoms with Crippen LogP contribution in [0.5, 0.6) is 5.75 Å². The van der Waals surface area contributed by atoms with Gasteiger partial charge < -0.3 is 15.0 Å². The molecule has 0 aliphatic carbocycles. The highest BCUT2D eigenvalue weighted by atomic mass is 79.9. The van der Waals surface area contributed by atoms with Crippen molar-refractivity contribution >= 4 is 27.7 Å². The Hall–Kier alpha value is -1.60. The van der Waals surface area contributed by atoms with Gasteiger partial charge in [0.05, 0.1) is 19.6 Å². The van der Waals surface area contributed by atoms with E-state index in [4.69, 9.17) is 4.74 Å². The van der Waals surface area contributed by atoms with Crippen LogP contribution in [-0.2, 0) is 9.59 Å². The molecule has 0 atom stereocenters. The van der Waals surface area contributed by atoms with Crippen LogP contribution in [0.1, 0.15) is 13.3 Å². The first-order valence-electron chi connectivity index (χ1n) is 8.23. The van der Waals surface area contributed by atoms with Crippen LogP contribution in [0, 0.1) is 0 Å². The molecule has 2 amide bonds. The Kier molecular flexibility index (Phi) is 7.52. The lowest BCUT2D eigenvalue weighted by Gasteiger charge is -2.34. The van der Waals surface area contributed by atoms with E-state index in [1.165, 1.54) is 0 Å². The van der Waals surface area contributed by atoms with Gasteiger partial charge in [-0.3, -0.25) is 14.5 Å². The summed E-state index contributed by atoms with van der Waals surface area (Å²) >= 11 is 3.39. The van der Waals surface area contributed by atoms with Crippen LogP contribution in [-0.4, -0.2) is 67.5 Å². The standard InChI is InChI=1S/C17H24BrN3O3/c1-2-19-16(22)13-20-7-9-21(10-8-20)17(23)6-11-24-15-5-3-4-14(18)12-15/h3-5,12H,2,6-11,13H2,1H3,(H,19,22). The van der Waals surface area contributed by atoms with Crippen LogP contribution in [0.15, 0.2) is 28.7 Å². The molecule has 0 saturated carbocycles. The minimum Gasteiger partial charge on any atom is -0.493 e. The first-order chi connectivity index (χ1) is 11.6. The molecule has 1 aliphatic heterocycles. The van der Waals surface area contributed by atoms with Crippen molar-refractivity contribution in [2.75, 3.05) is 45.9 Å². The van der Waals surface area contributed by atoms with E-state index in [-0.39, 0.29) is 11.8 Å². The molecule has 0 radical (unpaired) electrons. The number of hydrogen-bond acceptors (Lipinski definition) is 4. The zero-order valence-corrected chi connectivity index (χ0v) is 15.5. The molecule has 1 aromatic rings. The molecule has 1 fully saturated rings. The predicted octanol–water partition coefficient (Wildman–Crippen LogP) is 1.50. The molecule has 1 aromatic carbocycles. The number of piperazine rings is 1. The number of nitrogens with zero attached hydrogens (tertiary/aromatic N) is 2. The lowest BCUT2D eigenvalue weighted by atomic mass is 10.2. The van der Waals surface area contributed by atoms with Crippen LogP contribution in [0.25, 0.3) is 0 Å². The van der Waals surface area contributed by atoms with Gasteiger partial charge in [-0.15, -0.1) is 0 Å². The molecule has 6 nitrogen and oxygen atoms in total. The van der Waals surface area contributed by atoms with E-state index in [2.05, 4.69) is 26.1 Å². The van der Waals surface area contributed by atoms with E-state index in [1.54, 1.807) is 0 Å². The van der Waals surface area contributed by atoms with Gasteiger partial charge in [-0.05, 0) is 25.1 Å². The molecule has 2 rings (SSSR count). The summed E-state index contributed by atoms with van der Waals surface area (Å²) < 4.78 is 6.56. The van der Waals surface area contributed by atoms with E-state index in [0.717, 1.165) is 23.3 Å². The maximum Gasteiger partial charge on any atom is 0.234 e. The van der Waals surface area contributed by atoms with Crippen LogP contribution in [0.3, 0.4) is 0 Å². The van der Waals surface area contributed by atoms with Gasteiger partial charge in [0.1, 0.15) is 5.75 Å². The summed E-state index contributed by atoms with van der Waals surface area (Å²) in [5.74, 6) is 0.895. The smallest absolute Gasteiger partial charge is 0.234 e. The van der Waals surface area contributed by atoms with Gasteiger partial charge >= 0.3 is 0 Å². The Morgan fingerprint density at radius 3 is 2.67 bits per heavy atom. The number of ether oxygens (including phenoxy) is 1. The largest absolute Gasteiger partial charge is 0.493 e.